The molecule has 2 atom stereocenters. The van der Waals surface area contributed by atoms with Crippen LogP contribution in [0.3, 0.4) is 0 Å². The number of nitrogens with zero attached hydrogens (tertiary/aromatic N) is 1. The number of anilines is 1. The molecule has 0 saturated heterocycles. The summed E-state index contributed by atoms with van der Waals surface area (Å²) in [5.74, 6) is -3.83. The number of amides is 2. The minimum Gasteiger partial charge on any atom is -0.468 e. The van der Waals surface area contributed by atoms with Gasteiger partial charge in [0, 0.05) is 21.1 Å². The van der Waals surface area contributed by atoms with Crippen molar-refractivity contribution < 1.29 is 19.1 Å². The van der Waals surface area contributed by atoms with Crippen molar-refractivity contribution in [3.8, 4) is 6.07 Å². The molecule has 0 aromatic heterocycles. The average Bonchev–Trinajstić information content (AvgIpc) is 2.76. The molecule has 2 aromatic carbocycles. The minimum absolute atomic E-state index is 0.0681. The highest BCUT2D eigenvalue weighted by Crippen LogP contribution is 2.40. The predicted molar refractivity (Wildman–Crippen MR) is 126 cm³/mol. The number of carbonyl (C=O) groups excluding carboxylic acids is 3. The number of thioether (sulfide) groups is 1. The van der Waals surface area contributed by atoms with Crippen LogP contribution in [0, 0.1) is 17.2 Å². The number of methoxy groups -OCH3 is 1. The van der Waals surface area contributed by atoms with E-state index >= 15 is 0 Å². The van der Waals surface area contributed by atoms with E-state index < -0.39 is 23.7 Å². The lowest BCUT2D eigenvalue weighted by atomic mass is 9.78. The number of halogens is 2. The Morgan fingerprint density at radius 1 is 1.28 bits per heavy atom. The van der Waals surface area contributed by atoms with Gasteiger partial charge in [-0.25, -0.2) is 0 Å². The van der Waals surface area contributed by atoms with Crippen molar-refractivity contribution in [3.63, 3.8) is 0 Å². The Balaban J connectivity index is 1.89. The zero-order valence-electron chi connectivity index (χ0n) is 16.7. The van der Waals surface area contributed by atoms with Gasteiger partial charge < -0.3 is 15.4 Å². The largest absolute Gasteiger partial charge is 0.468 e. The molecule has 10 heteroatoms. The molecule has 1 aliphatic rings. The number of hydrogen-bond donors (Lipinski definition) is 2. The van der Waals surface area contributed by atoms with Crippen LogP contribution in [0.25, 0.3) is 0 Å². The number of hydrogen-bond acceptors (Lipinski definition) is 6. The van der Waals surface area contributed by atoms with Crippen molar-refractivity contribution in [1.29, 1.82) is 5.26 Å². The van der Waals surface area contributed by atoms with Crippen LogP contribution in [0.4, 0.5) is 5.69 Å². The van der Waals surface area contributed by atoms with Gasteiger partial charge in [-0.15, -0.1) is 0 Å². The lowest BCUT2D eigenvalue weighted by Gasteiger charge is -2.31. The summed E-state index contributed by atoms with van der Waals surface area (Å²) in [4.78, 5) is 37.6. The highest BCUT2D eigenvalue weighted by atomic mass is 79.9. The third-order valence-corrected chi connectivity index (χ3v) is 6.39. The SMILES string of the molecule is COC(=O)[C@H]1C(=O)NC(SCC(=O)Nc2cccc(Cl)c2)=C(C#N)[C@@H]1c1cccc(Br)c1. The topological polar surface area (TPSA) is 108 Å². The summed E-state index contributed by atoms with van der Waals surface area (Å²) in [5, 5.41) is 15.9. The molecule has 1 heterocycles. The summed E-state index contributed by atoms with van der Waals surface area (Å²) in [5.41, 5.74) is 1.31. The predicted octanol–water partition coefficient (Wildman–Crippen LogP) is 4.21. The Bertz CT molecular complexity index is 1150. The standard InChI is InChI=1S/C22H17BrClN3O4S/c1-31-22(30)19-18(12-4-2-5-13(23)8-12)16(10-25)21(27-20(19)29)32-11-17(28)26-15-7-3-6-14(24)9-15/h2-9,18-19H,11H2,1H3,(H,26,28)(H,27,29)/t18-,19+/m0/s1. The maximum absolute atomic E-state index is 12.8. The van der Waals surface area contributed by atoms with Gasteiger partial charge in [0.05, 0.1) is 29.5 Å². The highest BCUT2D eigenvalue weighted by Gasteiger charge is 2.44. The molecule has 0 radical (unpaired) electrons. The van der Waals surface area contributed by atoms with Crippen molar-refractivity contribution in [2.45, 2.75) is 5.92 Å². The number of rotatable bonds is 6. The molecular weight excluding hydrogens is 518 g/mol. The van der Waals surface area contributed by atoms with E-state index in [1.54, 1.807) is 48.5 Å². The van der Waals surface area contributed by atoms with E-state index in [1.165, 1.54) is 7.11 Å². The van der Waals surface area contributed by atoms with Gasteiger partial charge in [-0.2, -0.15) is 5.26 Å². The summed E-state index contributed by atoms with van der Waals surface area (Å²) >= 11 is 10.3. The molecular formula is C22H17BrClN3O4S. The van der Waals surface area contributed by atoms with E-state index in [0.29, 0.717) is 16.3 Å². The van der Waals surface area contributed by atoms with Gasteiger partial charge in [-0.3, -0.25) is 14.4 Å². The van der Waals surface area contributed by atoms with Gasteiger partial charge in [0.25, 0.3) is 0 Å². The lowest BCUT2D eigenvalue weighted by Crippen LogP contribution is -2.44. The Hall–Kier alpha value is -2.80. The molecule has 164 valence electrons. The number of carbonyl (C=O) groups is 3. The second kappa shape index (κ2) is 10.7. The molecule has 0 aliphatic carbocycles. The van der Waals surface area contributed by atoms with E-state index in [0.717, 1.165) is 16.2 Å². The monoisotopic (exact) mass is 533 g/mol. The Morgan fingerprint density at radius 3 is 2.69 bits per heavy atom. The van der Waals surface area contributed by atoms with Crippen LogP contribution in [0.15, 0.2) is 63.6 Å². The maximum Gasteiger partial charge on any atom is 0.319 e. The fourth-order valence-electron chi connectivity index (χ4n) is 3.28. The van der Waals surface area contributed by atoms with E-state index in [2.05, 4.69) is 32.6 Å². The van der Waals surface area contributed by atoms with Gasteiger partial charge in [-0.05, 0) is 35.9 Å². The molecule has 0 fully saturated rings. The zero-order chi connectivity index (χ0) is 23.3. The van der Waals surface area contributed by atoms with Gasteiger partial charge in [0.15, 0.2) is 0 Å². The molecule has 2 aromatic rings. The van der Waals surface area contributed by atoms with E-state index in [-0.39, 0.29) is 22.3 Å². The Kier molecular flexibility index (Phi) is 7.96. The summed E-state index contributed by atoms with van der Waals surface area (Å²) in [6.45, 7) is 0. The van der Waals surface area contributed by atoms with E-state index in [4.69, 9.17) is 16.3 Å². The second-order valence-corrected chi connectivity index (χ2v) is 9.06. The molecule has 2 amide bonds. The minimum atomic E-state index is -1.23. The first kappa shape index (κ1) is 23.9. The first-order valence-electron chi connectivity index (χ1n) is 9.30. The summed E-state index contributed by atoms with van der Waals surface area (Å²) in [7, 11) is 1.19. The molecule has 0 saturated carbocycles. The van der Waals surface area contributed by atoms with Gasteiger partial charge in [0.2, 0.25) is 11.8 Å². The number of benzene rings is 2. The van der Waals surface area contributed by atoms with Crippen LogP contribution < -0.4 is 10.6 Å². The van der Waals surface area contributed by atoms with Crippen LogP contribution in [0.1, 0.15) is 11.5 Å². The molecule has 0 spiro atoms. The van der Waals surface area contributed by atoms with Gasteiger partial charge >= 0.3 is 5.97 Å². The first-order chi connectivity index (χ1) is 15.3. The second-order valence-electron chi connectivity index (χ2n) is 6.72. The van der Waals surface area contributed by atoms with Gasteiger partial charge in [-0.1, -0.05) is 57.5 Å². The molecule has 0 bridgehead atoms. The van der Waals surface area contributed by atoms with Crippen LogP contribution in [-0.4, -0.2) is 30.6 Å². The Labute approximate surface area is 202 Å². The van der Waals surface area contributed by atoms with Crippen molar-refractivity contribution in [1.82, 2.24) is 5.32 Å². The summed E-state index contributed by atoms with van der Waals surface area (Å²) < 4.78 is 5.55. The zero-order valence-corrected chi connectivity index (χ0v) is 19.9. The number of nitriles is 1. The van der Waals surface area contributed by atoms with E-state index in [1.807, 2.05) is 0 Å². The molecule has 1 aliphatic heterocycles. The quantitative estimate of drug-likeness (QED) is 0.425. The number of allylic oxidation sites excluding steroid dienone is 1. The Morgan fingerprint density at radius 2 is 2.03 bits per heavy atom. The van der Waals surface area contributed by atoms with Crippen LogP contribution >= 0.6 is 39.3 Å². The van der Waals surface area contributed by atoms with Crippen molar-refractivity contribution in [3.05, 3.63) is 74.2 Å². The molecule has 32 heavy (non-hydrogen) atoms. The first-order valence-corrected chi connectivity index (χ1v) is 11.5. The number of nitrogens with one attached hydrogen (secondary N) is 2. The molecule has 3 rings (SSSR count). The van der Waals surface area contributed by atoms with Crippen LogP contribution in [0.5, 0.6) is 0 Å². The smallest absolute Gasteiger partial charge is 0.319 e. The highest BCUT2D eigenvalue weighted by molar-refractivity contribution is 9.10. The fraction of sp³-hybridized carbons (Fsp3) is 0.182. The summed E-state index contributed by atoms with van der Waals surface area (Å²) in [6.07, 6.45) is 0. The third kappa shape index (κ3) is 5.51. The summed E-state index contributed by atoms with van der Waals surface area (Å²) in [6, 6.07) is 15.8. The van der Waals surface area contributed by atoms with Gasteiger partial charge in [0.1, 0.15) is 5.92 Å². The number of ether oxygens (including phenoxy) is 1. The lowest BCUT2D eigenvalue weighted by molar-refractivity contribution is -0.150. The number of esters is 1. The van der Waals surface area contributed by atoms with E-state index in [9.17, 15) is 19.6 Å². The maximum atomic E-state index is 12.8. The average molecular weight is 535 g/mol. The normalized spacial score (nSPS) is 17.9. The third-order valence-electron chi connectivity index (χ3n) is 4.65. The molecule has 7 nitrogen and oxygen atoms in total. The van der Waals surface area contributed by atoms with Crippen LogP contribution in [-0.2, 0) is 19.1 Å². The van der Waals surface area contributed by atoms with Crippen molar-refractivity contribution in [2.75, 3.05) is 18.2 Å². The molecule has 0 unspecified atom stereocenters. The molecule has 2 N–H and O–H groups in total. The van der Waals surface area contributed by atoms with Crippen molar-refractivity contribution >= 4 is 62.8 Å². The van der Waals surface area contributed by atoms with Crippen molar-refractivity contribution in [2.24, 2.45) is 5.92 Å². The van der Waals surface area contributed by atoms with Crippen LogP contribution in [0.2, 0.25) is 5.02 Å². The fourth-order valence-corrected chi connectivity index (χ4v) is 4.74.